The highest BCUT2D eigenvalue weighted by Gasteiger charge is 2.23. The van der Waals surface area contributed by atoms with Gasteiger partial charge in [-0.25, -0.2) is 13.2 Å². The van der Waals surface area contributed by atoms with E-state index >= 15 is 0 Å². The molecule has 0 aliphatic rings. The van der Waals surface area contributed by atoms with Crippen LogP contribution in [-0.2, 0) is 15.6 Å². The second-order valence-electron chi connectivity index (χ2n) is 5.35. The van der Waals surface area contributed by atoms with Gasteiger partial charge in [-0.15, -0.1) is 11.3 Å². The third kappa shape index (κ3) is 4.00. The lowest BCUT2D eigenvalue weighted by Crippen LogP contribution is -2.07. The minimum absolute atomic E-state index is 0.0532. The van der Waals surface area contributed by atoms with E-state index < -0.39 is 15.8 Å². The van der Waals surface area contributed by atoms with Gasteiger partial charge in [0.1, 0.15) is 4.88 Å². The number of thiophene rings is 1. The summed E-state index contributed by atoms with van der Waals surface area (Å²) in [5, 5.41) is 9.45. The Morgan fingerprint density at radius 1 is 1.04 bits per heavy atom. The fourth-order valence-corrected chi connectivity index (χ4v) is 5.47. The fraction of sp³-hybridized carbons (Fsp3) is 0.0556. The second-order valence-corrected chi connectivity index (χ2v) is 9.31. The van der Waals surface area contributed by atoms with Crippen LogP contribution in [0, 0.1) is 0 Å². The first-order chi connectivity index (χ1) is 11.9. The molecule has 4 nitrogen and oxygen atoms in total. The van der Waals surface area contributed by atoms with Gasteiger partial charge in [0, 0.05) is 9.35 Å². The number of rotatable bonds is 5. The predicted octanol–water partition coefficient (Wildman–Crippen LogP) is 4.85. The lowest BCUT2D eigenvalue weighted by atomic mass is 10.1. The Bertz CT molecular complexity index is 1020. The molecular weight excluding hydrogens is 424 g/mol. The molecule has 7 heteroatoms. The molecule has 1 heterocycles. The van der Waals surface area contributed by atoms with Gasteiger partial charge in [0.05, 0.1) is 10.6 Å². The van der Waals surface area contributed by atoms with Crippen molar-refractivity contribution in [3.63, 3.8) is 0 Å². The van der Waals surface area contributed by atoms with Gasteiger partial charge < -0.3 is 5.11 Å². The van der Waals surface area contributed by atoms with Crippen LogP contribution < -0.4 is 0 Å². The molecule has 1 aromatic heterocycles. The predicted molar refractivity (Wildman–Crippen MR) is 102 cm³/mol. The fourth-order valence-electron chi connectivity index (χ4n) is 2.41. The van der Waals surface area contributed by atoms with Gasteiger partial charge in [-0.1, -0.05) is 52.3 Å². The third-order valence-electron chi connectivity index (χ3n) is 3.56. The molecule has 0 aliphatic carbocycles. The summed E-state index contributed by atoms with van der Waals surface area (Å²) in [6.45, 7) is 0. The number of halogens is 1. The maximum absolute atomic E-state index is 12.7. The van der Waals surface area contributed by atoms with E-state index in [9.17, 15) is 18.3 Å². The largest absolute Gasteiger partial charge is 0.477 e. The van der Waals surface area contributed by atoms with Gasteiger partial charge in [0.2, 0.25) is 0 Å². The highest BCUT2D eigenvalue weighted by Crippen LogP contribution is 2.33. The smallest absolute Gasteiger partial charge is 0.346 e. The summed E-state index contributed by atoms with van der Waals surface area (Å²) >= 11 is 4.34. The van der Waals surface area contributed by atoms with Crippen molar-refractivity contribution < 1.29 is 18.3 Å². The molecule has 2 aromatic carbocycles. The molecule has 128 valence electrons. The summed E-state index contributed by atoms with van der Waals surface area (Å²) in [6.07, 6.45) is 0. The number of carboxylic acid groups (broad SMARTS) is 1. The van der Waals surface area contributed by atoms with Crippen LogP contribution in [-0.4, -0.2) is 19.5 Å². The SMILES string of the molecule is O=C(O)c1sc(-c2ccccc2)cc1CS(=O)(=O)c1cccc(Br)c1. The van der Waals surface area contributed by atoms with Crippen LogP contribution in [0.25, 0.3) is 10.4 Å². The number of carbonyl (C=O) groups is 1. The van der Waals surface area contributed by atoms with E-state index in [1.54, 1.807) is 18.2 Å². The first kappa shape index (κ1) is 17.8. The lowest BCUT2D eigenvalue weighted by molar-refractivity contribution is 0.0701. The van der Waals surface area contributed by atoms with Crippen LogP contribution >= 0.6 is 27.3 Å². The van der Waals surface area contributed by atoms with Crippen molar-refractivity contribution in [2.45, 2.75) is 10.6 Å². The molecule has 1 N–H and O–H groups in total. The Balaban J connectivity index is 2.02. The molecule has 3 rings (SSSR count). The zero-order chi connectivity index (χ0) is 18.0. The van der Waals surface area contributed by atoms with Crippen LogP contribution in [0.15, 0.2) is 70.0 Å². The normalized spacial score (nSPS) is 11.4. The first-order valence-corrected chi connectivity index (χ1v) is 10.5. The van der Waals surface area contributed by atoms with Crippen molar-refractivity contribution >= 4 is 43.1 Å². The molecule has 0 bridgehead atoms. The van der Waals surface area contributed by atoms with Gasteiger partial charge in [-0.3, -0.25) is 0 Å². The zero-order valence-electron chi connectivity index (χ0n) is 12.8. The first-order valence-electron chi connectivity index (χ1n) is 7.26. The maximum Gasteiger partial charge on any atom is 0.346 e. The lowest BCUT2D eigenvalue weighted by Gasteiger charge is -2.05. The zero-order valence-corrected chi connectivity index (χ0v) is 16.1. The van der Waals surface area contributed by atoms with Crippen LogP contribution in [0.2, 0.25) is 0 Å². The maximum atomic E-state index is 12.7. The number of carboxylic acids is 1. The average molecular weight is 437 g/mol. The van der Waals surface area contributed by atoms with Crippen LogP contribution in [0.1, 0.15) is 15.2 Å². The summed E-state index contributed by atoms with van der Waals surface area (Å²) in [5.74, 6) is -1.47. The van der Waals surface area contributed by atoms with Crippen molar-refractivity contribution in [2.75, 3.05) is 0 Å². The Labute approximate surface area is 157 Å². The Kier molecular flexibility index (Phi) is 5.08. The Morgan fingerprint density at radius 3 is 2.40 bits per heavy atom. The van der Waals surface area contributed by atoms with Gasteiger partial charge in [-0.2, -0.15) is 0 Å². The molecule has 0 atom stereocenters. The molecule has 0 saturated heterocycles. The van der Waals surface area contributed by atoms with Crippen molar-refractivity contribution in [3.05, 3.63) is 75.6 Å². The number of sulfone groups is 1. The van der Waals surface area contributed by atoms with Gasteiger partial charge in [-0.05, 0) is 35.4 Å². The van der Waals surface area contributed by atoms with Gasteiger partial charge in [0.25, 0.3) is 0 Å². The van der Waals surface area contributed by atoms with Gasteiger partial charge >= 0.3 is 5.97 Å². The van der Waals surface area contributed by atoms with E-state index in [1.165, 1.54) is 12.1 Å². The Hall–Kier alpha value is -1.96. The molecule has 0 radical (unpaired) electrons. The summed E-state index contributed by atoms with van der Waals surface area (Å²) in [4.78, 5) is 12.5. The van der Waals surface area contributed by atoms with E-state index in [0.29, 0.717) is 10.0 Å². The summed E-state index contributed by atoms with van der Waals surface area (Å²) in [7, 11) is -3.65. The highest BCUT2D eigenvalue weighted by molar-refractivity contribution is 9.10. The summed E-state index contributed by atoms with van der Waals surface area (Å²) in [6, 6.07) is 17.4. The quantitative estimate of drug-likeness (QED) is 0.620. The molecule has 25 heavy (non-hydrogen) atoms. The van der Waals surface area contributed by atoms with E-state index in [4.69, 9.17) is 0 Å². The topological polar surface area (TPSA) is 71.4 Å². The van der Waals surface area contributed by atoms with E-state index in [0.717, 1.165) is 21.8 Å². The second kappa shape index (κ2) is 7.11. The van der Waals surface area contributed by atoms with E-state index in [1.807, 2.05) is 30.3 Å². The molecular formula is C18H13BrO4S2. The summed E-state index contributed by atoms with van der Waals surface area (Å²) < 4.78 is 26.0. The molecule has 0 aliphatic heterocycles. The van der Waals surface area contributed by atoms with Crippen molar-refractivity contribution in [3.8, 4) is 10.4 Å². The summed E-state index contributed by atoms with van der Waals surface area (Å²) in [5.41, 5.74) is 1.16. The minimum atomic E-state index is -3.65. The average Bonchev–Trinajstić information content (AvgIpc) is 2.99. The molecule has 0 saturated carbocycles. The van der Waals surface area contributed by atoms with Crippen LogP contribution in [0.3, 0.4) is 0 Å². The minimum Gasteiger partial charge on any atom is -0.477 e. The van der Waals surface area contributed by atoms with Crippen LogP contribution in [0.5, 0.6) is 0 Å². The number of benzene rings is 2. The molecule has 0 fully saturated rings. The standard InChI is InChI=1S/C18H13BrO4S2/c19-14-7-4-8-15(10-14)25(22,23)11-13-9-16(24-17(13)18(20)21)12-5-2-1-3-6-12/h1-10H,11H2,(H,20,21). The third-order valence-corrected chi connectivity index (χ3v) is 6.93. The van der Waals surface area contributed by atoms with Crippen molar-refractivity contribution in [1.29, 1.82) is 0 Å². The molecule has 0 unspecified atom stereocenters. The van der Waals surface area contributed by atoms with E-state index in [-0.39, 0.29) is 15.5 Å². The molecule has 3 aromatic rings. The Morgan fingerprint density at radius 2 is 1.76 bits per heavy atom. The van der Waals surface area contributed by atoms with Crippen LogP contribution in [0.4, 0.5) is 0 Å². The van der Waals surface area contributed by atoms with Gasteiger partial charge in [0.15, 0.2) is 9.84 Å². The van der Waals surface area contributed by atoms with E-state index in [2.05, 4.69) is 15.9 Å². The number of hydrogen-bond acceptors (Lipinski definition) is 4. The number of aromatic carboxylic acids is 1. The highest BCUT2D eigenvalue weighted by atomic mass is 79.9. The monoisotopic (exact) mass is 436 g/mol. The van der Waals surface area contributed by atoms with Crippen molar-refractivity contribution in [1.82, 2.24) is 0 Å². The molecule has 0 spiro atoms. The molecule has 0 amide bonds. The number of hydrogen-bond donors (Lipinski definition) is 1. The van der Waals surface area contributed by atoms with Crippen molar-refractivity contribution in [2.24, 2.45) is 0 Å².